The Hall–Kier alpha value is -3.16. The average Bonchev–Trinajstić information content (AvgIpc) is 2.43. The van der Waals surface area contributed by atoms with Crippen molar-refractivity contribution in [3.05, 3.63) is 52.3 Å². The minimum Gasteiger partial charge on any atom is -0.508 e. The van der Waals surface area contributed by atoms with Crippen molar-refractivity contribution in [2.24, 2.45) is 0 Å². The van der Waals surface area contributed by atoms with Gasteiger partial charge in [0.05, 0.1) is 29.3 Å². The van der Waals surface area contributed by atoms with Crippen LogP contribution in [-0.2, 0) is 11.2 Å². The molecule has 0 fully saturated rings. The normalized spacial score (nSPS) is 10.1. The van der Waals surface area contributed by atoms with Crippen molar-refractivity contribution < 1.29 is 14.8 Å². The summed E-state index contributed by atoms with van der Waals surface area (Å²) in [6, 6.07) is 6.70. The quantitative estimate of drug-likeness (QED) is 0.443. The monoisotopic (exact) mass is 288 g/mol. The van der Waals surface area contributed by atoms with E-state index >= 15 is 0 Å². The molecule has 21 heavy (non-hydrogen) atoms. The first-order valence-corrected chi connectivity index (χ1v) is 5.93. The van der Waals surface area contributed by atoms with E-state index in [1.807, 2.05) is 0 Å². The summed E-state index contributed by atoms with van der Waals surface area (Å²) in [6.45, 7) is 0. The molecule has 2 rings (SSSR count). The van der Waals surface area contributed by atoms with Gasteiger partial charge in [0.25, 0.3) is 5.69 Å². The van der Waals surface area contributed by atoms with E-state index in [0.717, 1.165) is 6.07 Å². The van der Waals surface area contributed by atoms with Crippen LogP contribution in [0.3, 0.4) is 0 Å². The Bertz CT molecular complexity index is 685. The molecule has 8 heteroatoms. The van der Waals surface area contributed by atoms with Gasteiger partial charge in [0.2, 0.25) is 5.91 Å². The van der Waals surface area contributed by atoms with Gasteiger partial charge in [-0.1, -0.05) is 0 Å². The number of phenols is 1. The van der Waals surface area contributed by atoms with Crippen molar-refractivity contribution in [2.75, 3.05) is 11.1 Å². The summed E-state index contributed by atoms with van der Waals surface area (Å²) in [5.74, 6) is -0.707. The Morgan fingerprint density at radius 2 is 2.14 bits per heavy atom. The summed E-state index contributed by atoms with van der Waals surface area (Å²) in [7, 11) is 0. The average molecular weight is 288 g/mol. The second-order valence-electron chi connectivity index (χ2n) is 4.27. The fourth-order valence-electron chi connectivity index (χ4n) is 1.68. The molecule has 4 N–H and O–H groups in total. The highest BCUT2D eigenvalue weighted by atomic mass is 16.6. The molecule has 0 aliphatic carbocycles. The lowest BCUT2D eigenvalue weighted by Gasteiger charge is -2.06. The molecule has 0 spiro atoms. The fraction of sp³-hybridized carbons (Fsp3) is 0.0769. The van der Waals surface area contributed by atoms with Gasteiger partial charge in [-0.15, -0.1) is 0 Å². The zero-order valence-electron chi connectivity index (χ0n) is 10.8. The largest absolute Gasteiger partial charge is 0.508 e. The van der Waals surface area contributed by atoms with Crippen LogP contribution in [0.25, 0.3) is 0 Å². The van der Waals surface area contributed by atoms with Gasteiger partial charge in [-0.05, 0) is 24.3 Å². The zero-order valence-corrected chi connectivity index (χ0v) is 10.8. The first-order chi connectivity index (χ1) is 9.95. The molecular weight excluding hydrogens is 276 g/mol. The second kappa shape index (κ2) is 5.87. The van der Waals surface area contributed by atoms with Crippen LogP contribution in [0.4, 0.5) is 17.1 Å². The lowest BCUT2D eigenvalue weighted by molar-refractivity contribution is -0.384. The molecule has 1 amide bonds. The Kier molecular flexibility index (Phi) is 3.98. The summed E-state index contributed by atoms with van der Waals surface area (Å²) < 4.78 is 0. The van der Waals surface area contributed by atoms with Gasteiger partial charge in [-0.2, -0.15) is 0 Å². The number of nitrogens with one attached hydrogen (secondary N) is 1. The van der Waals surface area contributed by atoms with E-state index in [2.05, 4.69) is 10.3 Å². The highest BCUT2D eigenvalue weighted by Gasteiger charge is 2.17. The number of aromatic hydroxyl groups is 1. The molecule has 0 atom stereocenters. The van der Waals surface area contributed by atoms with Crippen molar-refractivity contribution in [1.82, 2.24) is 4.98 Å². The van der Waals surface area contributed by atoms with Crippen molar-refractivity contribution in [3.63, 3.8) is 0 Å². The van der Waals surface area contributed by atoms with E-state index in [0.29, 0.717) is 11.4 Å². The van der Waals surface area contributed by atoms with Crippen molar-refractivity contribution >= 4 is 23.0 Å². The third-order valence-electron chi connectivity index (χ3n) is 2.64. The van der Waals surface area contributed by atoms with E-state index in [1.54, 1.807) is 12.1 Å². The van der Waals surface area contributed by atoms with E-state index in [9.17, 15) is 20.0 Å². The maximum Gasteiger partial charge on any atom is 0.296 e. The number of nitrogens with two attached hydrogens (primary N) is 1. The fourth-order valence-corrected chi connectivity index (χ4v) is 1.68. The lowest BCUT2D eigenvalue weighted by atomic mass is 10.2. The van der Waals surface area contributed by atoms with Crippen molar-refractivity contribution in [3.8, 4) is 5.75 Å². The highest BCUT2D eigenvalue weighted by molar-refractivity contribution is 5.94. The number of nitrogen functional groups attached to an aromatic ring is 1. The molecule has 0 aliphatic heterocycles. The molecule has 1 heterocycles. The second-order valence-corrected chi connectivity index (χ2v) is 4.27. The number of carbonyl (C=O) groups is 1. The number of rotatable bonds is 4. The summed E-state index contributed by atoms with van der Waals surface area (Å²) in [4.78, 5) is 26.0. The van der Waals surface area contributed by atoms with Gasteiger partial charge in [-0.3, -0.25) is 19.9 Å². The summed E-state index contributed by atoms with van der Waals surface area (Å²) >= 11 is 0. The van der Waals surface area contributed by atoms with Gasteiger partial charge in [-0.25, -0.2) is 0 Å². The summed E-state index contributed by atoms with van der Waals surface area (Å²) in [5.41, 5.74) is 6.09. The van der Waals surface area contributed by atoms with Crippen LogP contribution in [0.15, 0.2) is 36.5 Å². The van der Waals surface area contributed by atoms with E-state index in [1.165, 1.54) is 18.3 Å². The van der Waals surface area contributed by atoms with Crippen LogP contribution < -0.4 is 11.1 Å². The first kappa shape index (κ1) is 14.3. The van der Waals surface area contributed by atoms with Gasteiger partial charge in [0.1, 0.15) is 11.4 Å². The molecule has 8 nitrogen and oxygen atoms in total. The molecule has 1 aromatic carbocycles. The van der Waals surface area contributed by atoms with Gasteiger partial charge in [0.15, 0.2) is 0 Å². The number of nitrogens with zero attached hydrogens (tertiary/aromatic N) is 2. The number of nitro benzene ring substituents is 1. The molecule has 0 saturated carbocycles. The molecular formula is C13H12N4O4. The van der Waals surface area contributed by atoms with Crippen LogP contribution in [0, 0.1) is 10.1 Å². The standard InChI is InChI=1S/C13H12N4O4/c14-8-1-2-9(15-7-8)5-13(19)16-11-4-3-10(18)6-12(11)17(20)21/h1-4,6-7,18H,5,14H2,(H,16,19). The predicted molar refractivity (Wildman–Crippen MR) is 75.7 cm³/mol. The molecule has 0 aliphatic rings. The highest BCUT2D eigenvalue weighted by Crippen LogP contribution is 2.28. The van der Waals surface area contributed by atoms with Crippen LogP contribution in [-0.4, -0.2) is 20.9 Å². The van der Waals surface area contributed by atoms with E-state index < -0.39 is 10.8 Å². The Labute approximate surface area is 119 Å². The third-order valence-corrected chi connectivity index (χ3v) is 2.64. The van der Waals surface area contributed by atoms with E-state index in [4.69, 9.17) is 5.73 Å². The number of phenolic OH excluding ortho intramolecular Hbond substituents is 1. The maximum absolute atomic E-state index is 11.9. The number of amides is 1. The minimum atomic E-state index is -0.684. The minimum absolute atomic E-state index is 0.0123. The number of anilines is 2. The molecule has 1 aromatic heterocycles. The van der Waals surface area contributed by atoms with Crippen LogP contribution in [0.1, 0.15) is 5.69 Å². The summed E-state index contributed by atoms with van der Waals surface area (Å²) in [5, 5.41) is 22.5. The number of benzene rings is 1. The van der Waals surface area contributed by atoms with Gasteiger partial charge in [0, 0.05) is 5.69 Å². The van der Waals surface area contributed by atoms with Crippen molar-refractivity contribution in [1.29, 1.82) is 0 Å². The summed E-state index contributed by atoms with van der Waals surface area (Å²) in [6.07, 6.45) is 1.38. The third kappa shape index (κ3) is 3.66. The number of nitro groups is 1. The van der Waals surface area contributed by atoms with Gasteiger partial charge < -0.3 is 16.2 Å². The zero-order chi connectivity index (χ0) is 15.4. The number of hydrogen-bond acceptors (Lipinski definition) is 6. The van der Waals surface area contributed by atoms with Crippen LogP contribution >= 0.6 is 0 Å². The smallest absolute Gasteiger partial charge is 0.296 e. The SMILES string of the molecule is Nc1ccc(CC(=O)Nc2ccc(O)cc2[N+](=O)[O-])nc1. The molecule has 0 radical (unpaired) electrons. The van der Waals surface area contributed by atoms with Crippen LogP contribution in [0.2, 0.25) is 0 Å². The Balaban J connectivity index is 2.12. The van der Waals surface area contributed by atoms with Crippen molar-refractivity contribution in [2.45, 2.75) is 6.42 Å². The molecule has 0 unspecified atom stereocenters. The predicted octanol–water partition coefficient (Wildman–Crippen LogP) is 1.46. The van der Waals surface area contributed by atoms with Crippen LogP contribution in [0.5, 0.6) is 5.75 Å². The number of hydrogen-bond donors (Lipinski definition) is 3. The topological polar surface area (TPSA) is 131 Å². The van der Waals surface area contributed by atoms with Gasteiger partial charge >= 0.3 is 0 Å². The maximum atomic E-state index is 11.9. The number of aromatic nitrogens is 1. The first-order valence-electron chi connectivity index (χ1n) is 5.93. The number of carbonyl (C=O) groups excluding carboxylic acids is 1. The molecule has 0 bridgehead atoms. The van der Waals surface area contributed by atoms with E-state index in [-0.39, 0.29) is 23.5 Å². The lowest BCUT2D eigenvalue weighted by Crippen LogP contribution is -2.16. The molecule has 2 aromatic rings. The molecule has 0 saturated heterocycles. The number of pyridine rings is 1. The Morgan fingerprint density at radius 3 is 2.76 bits per heavy atom. The molecule has 108 valence electrons. The Morgan fingerprint density at radius 1 is 1.38 bits per heavy atom.